The topological polar surface area (TPSA) is 89.3 Å². The molecular weight excluding hydrogens is 399 g/mol. The number of para-hydroxylation sites is 2. The summed E-state index contributed by atoms with van der Waals surface area (Å²) < 4.78 is 23.9. The van der Waals surface area contributed by atoms with Crippen LogP contribution >= 0.6 is 0 Å². The first-order valence-electron chi connectivity index (χ1n) is 9.49. The number of benzene rings is 3. The molecule has 31 heavy (non-hydrogen) atoms. The Bertz CT molecular complexity index is 1170. The Morgan fingerprint density at radius 2 is 1.74 bits per heavy atom. The van der Waals surface area contributed by atoms with E-state index in [2.05, 4.69) is 20.8 Å². The van der Waals surface area contributed by atoms with E-state index < -0.39 is 0 Å². The highest BCUT2D eigenvalue weighted by Gasteiger charge is 2.11. The Labute approximate surface area is 177 Å². The Balaban J connectivity index is 1.35. The lowest BCUT2D eigenvalue weighted by molar-refractivity contribution is 0.102. The zero-order valence-electron chi connectivity index (χ0n) is 16.6. The van der Waals surface area contributed by atoms with Crippen molar-refractivity contribution in [3.05, 3.63) is 90.1 Å². The first kappa shape index (κ1) is 20.1. The molecule has 0 unspecified atom stereocenters. The van der Waals surface area contributed by atoms with E-state index in [1.165, 1.54) is 12.1 Å². The fourth-order valence-electron chi connectivity index (χ4n) is 2.89. The van der Waals surface area contributed by atoms with Crippen LogP contribution in [-0.2, 0) is 6.54 Å². The molecule has 7 nitrogen and oxygen atoms in total. The van der Waals surface area contributed by atoms with E-state index in [4.69, 9.17) is 9.15 Å². The largest absolute Gasteiger partial charge is 0.495 e. The van der Waals surface area contributed by atoms with Gasteiger partial charge >= 0.3 is 0 Å². The van der Waals surface area contributed by atoms with Gasteiger partial charge in [0.25, 0.3) is 5.91 Å². The molecule has 8 heteroatoms. The zero-order valence-corrected chi connectivity index (χ0v) is 16.6. The lowest BCUT2D eigenvalue weighted by Crippen LogP contribution is -2.12. The molecule has 0 aliphatic rings. The number of methoxy groups -OCH3 is 1. The second-order valence-corrected chi connectivity index (χ2v) is 6.59. The van der Waals surface area contributed by atoms with Gasteiger partial charge in [-0.25, -0.2) is 4.39 Å². The highest BCUT2D eigenvalue weighted by atomic mass is 19.1. The highest BCUT2D eigenvalue weighted by molar-refractivity contribution is 6.05. The maximum Gasteiger partial charge on any atom is 0.255 e. The third-order valence-corrected chi connectivity index (χ3v) is 4.50. The number of nitrogens with zero attached hydrogens (tertiary/aromatic N) is 2. The number of hydrogen-bond acceptors (Lipinski definition) is 6. The molecule has 0 spiro atoms. The van der Waals surface area contributed by atoms with Crippen molar-refractivity contribution in [2.24, 2.45) is 0 Å². The van der Waals surface area contributed by atoms with Gasteiger partial charge in [0.1, 0.15) is 11.6 Å². The van der Waals surface area contributed by atoms with Gasteiger partial charge in [-0.3, -0.25) is 4.79 Å². The van der Waals surface area contributed by atoms with Crippen molar-refractivity contribution in [1.82, 2.24) is 10.2 Å². The SMILES string of the molecule is COc1ccccc1NC(=O)c1ccc(NCc2nnc(-c3ccc(F)cc3)o2)cc1. The number of aromatic nitrogens is 2. The summed E-state index contributed by atoms with van der Waals surface area (Å²) >= 11 is 0. The summed E-state index contributed by atoms with van der Waals surface area (Å²) in [5, 5.41) is 14.0. The molecule has 0 aliphatic carbocycles. The summed E-state index contributed by atoms with van der Waals surface area (Å²) in [6.07, 6.45) is 0. The van der Waals surface area contributed by atoms with E-state index in [1.807, 2.05) is 12.1 Å². The van der Waals surface area contributed by atoms with Gasteiger partial charge in [-0.1, -0.05) is 12.1 Å². The highest BCUT2D eigenvalue weighted by Crippen LogP contribution is 2.24. The van der Waals surface area contributed by atoms with Crippen LogP contribution < -0.4 is 15.4 Å². The van der Waals surface area contributed by atoms with Crippen LogP contribution in [0.5, 0.6) is 5.75 Å². The first-order valence-corrected chi connectivity index (χ1v) is 9.49. The van der Waals surface area contributed by atoms with Crippen LogP contribution in [0, 0.1) is 5.82 Å². The van der Waals surface area contributed by atoms with E-state index in [1.54, 1.807) is 55.6 Å². The molecule has 0 saturated carbocycles. The third-order valence-electron chi connectivity index (χ3n) is 4.50. The molecule has 156 valence electrons. The monoisotopic (exact) mass is 418 g/mol. The molecule has 4 aromatic rings. The van der Waals surface area contributed by atoms with Crippen LogP contribution in [0.25, 0.3) is 11.5 Å². The van der Waals surface area contributed by atoms with E-state index in [9.17, 15) is 9.18 Å². The summed E-state index contributed by atoms with van der Waals surface area (Å²) in [5.41, 5.74) is 2.54. The minimum Gasteiger partial charge on any atom is -0.495 e. The number of anilines is 2. The molecule has 3 aromatic carbocycles. The molecule has 2 N–H and O–H groups in total. The minimum atomic E-state index is -0.329. The maximum absolute atomic E-state index is 13.0. The van der Waals surface area contributed by atoms with Gasteiger partial charge in [-0.2, -0.15) is 0 Å². The fraction of sp³-hybridized carbons (Fsp3) is 0.0870. The van der Waals surface area contributed by atoms with Crippen molar-refractivity contribution in [2.45, 2.75) is 6.54 Å². The van der Waals surface area contributed by atoms with Gasteiger partial charge in [0.2, 0.25) is 11.8 Å². The third kappa shape index (κ3) is 4.87. The Morgan fingerprint density at radius 1 is 1.00 bits per heavy atom. The smallest absolute Gasteiger partial charge is 0.255 e. The number of carbonyl (C=O) groups excluding carboxylic acids is 1. The summed E-state index contributed by atoms with van der Waals surface area (Å²) in [6.45, 7) is 0.306. The van der Waals surface area contributed by atoms with Crippen molar-refractivity contribution in [3.8, 4) is 17.2 Å². The molecule has 1 aromatic heterocycles. The van der Waals surface area contributed by atoms with Crippen molar-refractivity contribution < 1.29 is 18.3 Å². The number of amides is 1. The first-order chi connectivity index (χ1) is 15.1. The van der Waals surface area contributed by atoms with Gasteiger partial charge < -0.3 is 19.8 Å². The number of halogens is 1. The van der Waals surface area contributed by atoms with Crippen LogP contribution in [0.15, 0.2) is 77.2 Å². The molecule has 0 atom stereocenters. The molecule has 4 rings (SSSR count). The van der Waals surface area contributed by atoms with E-state index in [-0.39, 0.29) is 11.7 Å². The van der Waals surface area contributed by atoms with Crippen molar-refractivity contribution in [1.29, 1.82) is 0 Å². The van der Waals surface area contributed by atoms with E-state index in [0.29, 0.717) is 40.9 Å². The average molecular weight is 418 g/mol. The molecule has 1 amide bonds. The second kappa shape index (κ2) is 9.08. The normalized spacial score (nSPS) is 10.5. The Hall–Kier alpha value is -4.20. The molecule has 0 bridgehead atoms. The Kier molecular flexibility index (Phi) is 5.89. The molecule has 0 fully saturated rings. The van der Waals surface area contributed by atoms with Crippen molar-refractivity contribution in [3.63, 3.8) is 0 Å². The van der Waals surface area contributed by atoms with E-state index in [0.717, 1.165) is 5.69 Å². The van der Waals surface area contributed by atoms with Crippen molar-refractivity contribution >= 4 is 17.3 Å². The molecule has 0 radical (unpaired) electrons. The van der Waals surface area contributed by atoms with Crippen LogP contribution in [-0.4, -0.2) is 23.2 Å². The second-order valence-electron chi connectivity index (χ2n) is 6.59. The molecular formula is C23H19FN4O3. The summed E-state index contributed by atoms with van der Waals surface area (Å²) in [6, 6.07) is 20.0. The molecule has 0 aliphatic heterocycles. The summed E-state index contributed by atoms with van der Waals surface area (Å²) in [7, 11) is 1.55. The number of nitrogens with one attached hydrogen (secondary N) is 2. The Morgan fingerprint density at radius 3 is 2.48 bits per heavy atom. The van der Waals surface area contributed by atoms with Gasteiger partial charge in [0.05, 0.1) is 19.3 Å². The molecule has 1 heterocycles. The quantitative estimate of drug-likeness (QED) is 0.450. The standard InChI is InChI=1S/C23H19FN4O3/c1-30-20-5-3-2-4-19(20)26-22(29)15-8-12-18(13-9-15)25-14-21-27-28-23(31-21)16-6-10-17(24)11-7-16/h2-13,25H,14H2,1H3,(H,26,29). The lowest BCUT2D eigenvalue weighted by atomic mass is 10.2. The minimum absolute atomic E-state index is 0.239. The lowest BCUT2D eigenvalue weighted by Gasteiger charge is -2.10. The van der Waals surface area contributed by atoms with Gasteiger partial charge in [0, 0.05) is 16.8 Å². The predicted octanol–water partition coefficient (Wildman–Crippen LogP) is 4.75. The van der Waals surface area contributed by atoms with Crippen LogP contribution in [0.3, 0.4) is 0 Å². The maximum atomic E-state index is 13.0. The van der Waals surface area contributed by atoms with Gasteiger partial charge in [0.15, 0.2) is 0 Å². The number of ether oxygens (including phenoxy) is 1. The van der Waals surface area contributed by atoms with Crippen molar-refractivity contribution in [2.75, 3.05) is 17.7 Å². The fourth-order valence-corrected chi connectivity index (χ4v) is 2.89. The van der Waals surface area contributed by atoms with E-state index >= 15 is 0 Å². The van der Waals surface area contributed by atoms with Crippen LogP contribution in [0.1, 0.15) is 16.2 Å². The van der Waals surface area contributed by atoms with Crippen LogP contribution in [0.4, 0.5) is 15.8 Å². The molecule has 0 saturated heterocycles. The summed E-state index contributed by atoms with van der Waals surface area (Å²) in [5.74, 6) is 0.730. The average Bonchev–Trinajstić information content (AvgIpc) is 3.28. The summed E-state index contributed by atoms with van der Waals surface area (Å²) in [4.78, 5) is 12.5. The van der Waals surface area contributed by atoms with Gasteiger partial charge in [-0.15, -0.1) is 10.2 Å². The number of carbonyl (C=O) groups is 1. The number of hydrogen-bond donors (Lipinski definition) is 2. The van der Waals surface area contributed by atoms with Gasteiger partial charge in [-0.05, 0) is 60.7 Å². The predicted molar refractivity (Wildman–Crippen MR) is 114 cm³/mol. The number of rotatable bonds is 7. The zero-order chi connectivity index (χ0) is 21.6. The van der Waals surface area contributed by atoms with Crippen LogP contribution in [0.2, 0.25) is 0 Å².